The molecule has 0 aliphatic carbocycles. The second kappa shape index (κ2) is 6.74. The minimum Gasteiger partial charge on any atom is -0.506 e. The molecule has 0 fully saturated rings. The first-order valence-electron chi connectivity index (χ1n) is 7.07. The number of amides is 1. The predicted octanol–water partition coefficient (Wildman–Crippen LogP) is 2.75. The fourth-order valence-electron chi connectivity index (χ4n) is 2.27. The Hall–Kier alpha value is -2.83. The van der Waals surface area contributed by atoms with E-state index in [0.717, 1.165) is 5.56 Å². The topological polar surface area (TPSA) is 91.4 Å². The lowest BCUT2D eigenvalue weighted by atomic mass is 10.1. The first-order chi connectivity index (χ1) is 11.6. The number of benzene rings is 2. The fraction of sp³-hybridized carbons (Fsp3) is 0.0588. The number of carbonyl (C=O) groups excluding carboxylic acids is 1. The Kier molecular flexibility index (Phi) is 4.50. The number of fused-ring (bicyclic) bond motifs is 1. The van der Waals surface area contributed by atoms with Crippen molar-refractivity contribution < 1.29 is 14.7 Å². The summed E-state index contributed by atoms with van der Waals surface area (Å²) in [5, 5.41) is 10.9. The first-order valence-corrected chi connectivity index (χ1v) is 7.44. The van der Waals surface area contributed by atoms with Gasteiger partial charge in [0, 0.05) is 10.4 Å². The highest BCUT2D eigenvalue weighted by Crippen LogP contribution is 2.26. The molecule has 3 aromatic rings. The van der Waals surface area contributed by atoms with Gasteiger partial charge in [0.15, 0.2) is 0 Å². The van der Waals surface area contributed by atoms with Crippen LogP contribution in [0.25, 0.3) is 10.9 Å². The first kappa shape index (κ1) is 16.0. The predicted molar refractivity (Wildman–Crippen MR) is 89.9 cm³/mol. The summed E-state index contributed by atoms with van der Waals surface area (Å²) < 4.78 is 0. The maximum absolute atomic E-state index is 12.1. The van der Waals surface area contributed by atoms with E-state index >= 15 is 0 Å². The molecule has 122 valence electrons. The molecule has 0 saturated carbocycles. The third-order valence-corrected chi connectivity index (χ3v) is 3.66. The van der Waals surface area contributed by atoms with Gasteiger partial charge in [-0.3, -0.25) is 14.4 Å². The molecular formula is C17H13ClN2O4. The molecule has 0 atom stereocenters. The minimum atomic E-state index is -0.832. The van der Waals surface area contributed by atoms with E-state index in [1.807, 2.05) is 30.3 Å². The summed E-state index contributed by atoms with van der Waals surface area (Å²) in [6.45, 7) is 0.133. The molecule has 1 amide bonds. The number of pyridine rings is 1. The Morgan fingerprint density at radius 2 is 1.96 bits per heavy atom. The highest BCUT2D eigenvalue weighted by molar-refractivity contribution is 6.31. The molecule has 3 rings (SSSR count). The molecule has 1 heterocycles. The Morgan fingerprint density at radius 1 is 1.21 bits per heavy atom. The van der Waals surface area contributed by atoms with Gasteiger partial charge < -0.3 is 10.1 Å². The van der Waals surface area contributed by atoms with Crippen molar-refractivity contribution in [2.45, 2.75) is 6.61 Å². The summed E-state index contributed by atoms with van der Waals surface area (Å²) in [4.78, 5) is 31.8. The lowest BCUT2D eigenvalue weighted by Crippen LogP contribution is -2.29. The largest absolute Gasteiger partial charge is 0.506 e. The summed E-state index contributed by atoms with van der Waals surface area (Å²) >= 11 is 5.85. The molecule has 6 nitrogen and oxygen atoms in total. The number of rotatable bonds is 4. The molecule has 3 N–H and O–H groups in total. The van der Waals surface area contributed by atoms with E-state index in [-0.39, 0.29) is 6.61 Å². The molecule has 0 spiro atoms. The second-order valence-electron chi connectivity index (χ2n) is 5.07. The highest BCUT2D eigenvalue weighted by Gasteiger charge is 2.19. The van der Waals surface area contributed by atoms with Crippen LogP contribution in [0.2, 0.25) is 5.02 Å². The maximum atomic E-state index is 12.1. The normalized spacial score (nSPS) is 10.7. The van der Waals surface area contributed by atoms with E-state index in [0.29, 0.717) is 15.9 Å². The van der Waals surface area contributed by atoms with E-state index in [4.69, 9.17) is 16.4 Å². The number of hydrogen-bond acceptors (Lipinski definition) is 4. The Bertz CT molecular complexity index is 954. The lowest BCUT2D eigenvalue weighted by Gasteiger charge is -2.09. The van der Waals surface area contributed by atoms with Gasteiger partial charge in [0.05, 0.1) is 12.1 Å². The number of aromatic hydroxyl groups is 1. The summed E-state index contributed by atoms with van der Waals surface area (Å²) in [5.41, 5.74) is 2.20. The Morgan fingerprint density at radius 3 is 2.71 bits per heavy atom. The molecule has 0 saturated heterocycles. The zero-order valence-corrected chi connectivity index (χ0v) is 13.1. The average molecular weight is 345 g/mol. The van der Waals surface area contributed by atoms with E-state index in [1.165, 1.54) is 12.1 Å². The van der Waals surface area contributed by atoms with Crippen molar-refractivity contribution in [1.82, 2.24) is 10.5 Å². The fourth-order valence-corrected chi connectivity index (χ4v) is 2.45. The van der Waals surface area contributed by atoms with Crippen molar-refractivity contribution in [3.8, 4) is 5.75 Å². The van der Waals surface area contributed by atoms with Crippen LogP contribution in [-0.4, -0.2) is 16.0 Å². The number of carbonyl (C=O) groups is 1. The van der Waals surface area contributed by atoms with Crippen molar-refractivity contribution in [3.05, 3.63) is 75.0 Å². The summed E-state index contributed by atoms with van der Waals surface area (Å²) in [5.74, 6) is -1.26. The number of halogens is 1. The van der Waals surface area contributed by atoms with Crippen LogP contribution >= 0.6 is 11.6 Å². The molecule has 0 radical (unpaired) electrons. The second-order valence-corrected chi connectivity index (χ2v) is 5.51. The molecule has 1 aromatic heterocycles. The zero-order chi connectivity index (χ0) is 17.1. The van der Waals surface area contributed by atoms with Crippen LogP contribution in [0.15, 0.2) is 53.3 Å². The molecule has 0 bridgehead atoms. The number of hydroxylamine groups is 1. The quantitative estimate of drug-likeness (QED) is 0.635. The molecule has 2 aromatic carbocycles. The van der Waals surface area contributed by atoms with Gasteiger partial charge in [0.1, 0.15) is 11.3 Å². The Labute approximate surface area is 141 Å². The molecular weight excluding hydrogens is 332 g/mol. The molecule has 24 heavy (non-hydrogen) atoms. The smallest absolute Gasteiger partial charge is 0.284 e. The maximum Gasteiger partial charge on any atom is 0.284 e. The molecule has 0 unspecified atom stereocenters. The van der Waals surface area contributed by atoms with Crippen LogP contribution in [0.5, 0.6) is 5.75 Å². The van der Waals surface area contributed by atoms with Gasteiger partial charge in [-0.05, 0) is 23.8 Å². The third-order valence-electron chi connectivity index (χ3n) is 3.42. The van der Waals surface area contributed by atoms with E-state index in [1.54, 1.807) is 6.07 Å². The van der Waals surface area contributed by atoms with Gasteiger partial charge in [0.25, 0.3) is 11.5 Å². The van der Waals surface area contributed by atoms with Crippen molar-refractivity contribution >= 4 is 28.4 Å². The lowest BCUT2D eigenvalue weighted by molar-refractivity contribution is 0.0230. The number of nitrogens with one attached hydrogen (secondary N) is 2. The third kappa shape index (κ3) is 3.24. The minimum absolute atomic E-state index is 0.133. The van der Waals surface area contributed by atoms with E-state index in [9.17, 15) is 14.7 Å². The van der Waals surface area contributed by atoms with Crippen molar-refractivity contribution in [1.29, 1.82) is 0 Å². The SMILES string of the molecule is O=C(NOCc1ccccc1)c1c(O)c2ccc(Cl)cc2[nH]c1=O. The van der Waals surface area contributed by atoms with Crippen molar-refractivity contribution in [3.63, 3.8) is 0 Å². The molecule has 7 heteroatoms. The highest BCUT2D eigenvalue weighted by atomic mass is 35.5. The van der Waals surface area contributed by atoms with Crippen molar-refractivity contribution in [2.24, 2.45) is 0 Å². The zero-order valence-electron chi connectivity index (χ0n) is 12.4. The van der Waals surface area contributed by atoms with Crippen LogP contribution in [0.3, 0.4) is 0 Å². The summed E-state index contributed by atoms with van der Waals surface area (Å²) in [6, 6.07) is 13.8. The number of H-pyrrole nitrogens is 1. The monoisotopic (exact) mass is 344 g/mol. The molecule has 0 aliphatic heterocycles. The van der Waals surface area contributed by atoms with E-state index < -0.39 is 22.8 Å². The van der Waals surface area contributed by atoms with Gasteiger partial charge in [0.2, 0.25) is 0 Å². The van der Waals surface area contributed by atoms with E-state index in [2.05, 4.69) is 10.5 Å². The number of hydrogen-bond donors (Lipinski definition) is 3. The van der Waals surface area contributed by atoms with Gasteiger partial charge in [-0.15, -0.1) is 0 Å². The van der Waals surface area contributed by atoms with Crippen LogP contribution in [0.4, 0.5) is 0 Å². The summed E-state index contributed by atoms with van der Waals surface area (Å²) in [6.07, 6.45) is 0. The molecule has 0 aliphatic rings. The van der Waals surface area contributed by atoms with Crippen molar-refractivity contribution in [2.75, 3.05) is 0 Å². The van der Waals surface area contributed by atoms with Crippen LogP contribution in [0.1, 0.15) is 15.9 Å². The number of aromatic amines is 1. The average Bonchev–Trinajstić information content (AvgIpc) is 2.55. The Balaban J connectivity index is 1.82. The van der Waals surface area contributed by atoms with Crippen LogP contribution < -0.4 is 11.0 Å². The number of aromatic nitrogens is 1. The van der Waals surface area contributed by atoms with Crippen LogP contribution in [-0.2, 0) is 11.4 Å². The van der Waals surface area contributed by atoms with Gasteiger partial charge in [-0.1, -0.05) is 41.9 Å². The van der Waals surface area contributed by atoms with Crippen LogP contribution in [0, 0.1) is 0 Å². The van der Waals surface area contributed by atoms with Gasteiger partial charge >= 0.3 is 0 Å². The standard InChI is InChI=1S/C17H13ClN2O4/c18-11-6-7-12-13(8-11)19-16(22)14(15(12)21)17(23)20-24-9-10-4-2-1-3-5-10/h1-8H,9H2,(H,20,23)(H2,19,21,22). The van der Waals surface area contributed by atoms with Gasteiger partial charge in [-0.25, -0.2) is 5.48 Å². The van der Waals surface area contributed by atoms with Gasteiger partial charge in [-0.2, -0.15) is 0 Å². The summed E-state index contributed by atoms with van der Waals surface area (Å²) in [7, 11) is 0.